The summed E-state index contributed by atoms with van der Waals surface area (Å²) in [6.45, 7) is 0. The van der Waals surface area contributed by atoms with Gasteiger partial charge in [0.1, 0.15) is 11.5 Å². The third kappa shape index (κ3) is 2.42. The van der Waals surface area contributed by atoms with Crippen LogP contribution in [0, 0.1) is 0 Å². The van der Waals surface area contributed by atoms with Crippen molar-refractivity contribution in [3.05, 3.63) is 36.7 Å². The maximum atomic E-state index is 4.43. The molecule has 0 spiro atoms. The van der Waals surface area contributed by atoms with Gasteiger partial charge in [0.05, 0.1) is 11.9 Å². The highest BCUT2D eigenvalue weighted by Gasteiger charge is 2.21. The zero-order chi connectivity index (χ0) is 14.2. The van der Waals surface area contributed by atoms with Crippen molar-refractivity contribution in [2.75, 3.05) is 17.7 Å². The fourth-order valence-corrected chi connectivity index (χ4v) is 2.42. The largest absolute Gasteiger partial charge is 0.387 e. The zero-order valence-electron chi connectivity index (χ0n) is 11.9. The van der Waals surface area contributed by atoms with Gasteiger partial charge < -0.3 is 15.6 Å². The summed E-state index contributed by atoms with van der Waals surface area (Å²) in [6, 6.07) is 8.92. The molecule has 0 unspecified atom stereocenters. The Hall–Kier alpha value is -2.56. The van der Waals surface area contributed by atoms with E-state index in [0.29, 0.717) is 6.04 Å². The van der Waals surface area contributed by atoms with Gasteiger partial charge in [0.15, 0.2) is 0 Å². The second-order valence-corrected chi connectivity index (χ2v) is 5.44. The molecular formula is C16H17N5. The van der Waals surface area contributed by atoms with Gasteiger partial charge in [-0.2, -0.15) is 0 Å². The highest BCUT2D eigenvalue weighted by molar-refractivity contribution is 5.85. The molecule has 1 fully saturated rings. The number of nitrogens with one attached hydrogen (secondary N) is 3. The molecule has 5 nitrogen and oxygen atoms in total. The molecule has 4 rings (SSSR count). The van der Waals surface area contributed by atoms with Gasteiger partial charge in [-0.25, -0.2) is 9.97 Å². The first-order valence-corrected chi connectivity index (χ1v) is 7.21. The lowest BCUT2D eigenvalue weighted by Gasteiger charge is -2.04. The number of pyridine rings is 2. The number of hydrogen-bond donors (Lipinski definition) is 3. The van der Waals surface area contributed by atoms with Crippen LogP contribution in [0.3, 0.4) is 0 Å². The molecule has 3 N–H and O–H groups in total. The van der Waals surface area contributed by atoms with E-state index in [0.717, 1.165) is 33.8 Å². The number of rotatable bonds is 4. The second kappa shape index (κ2) is 4.77. The van der Waals surface area contributed by atoms with E-state index in [4.69, 9.17) is 0 Å². The van der Waals surface area contributed by atoms with Crippen LogP contribution in [0.1, 0.15) is 12.8 Å². The number of nitrogens with zero attached hydrogens (tertiary/aromatic N) is 2. The maximum absolute atomic E-state index is 4.43. The average Bonchev–Trinajstić information content (AvgIpc) is 3.22. The third-order valence-electron chi connectivity index (χ3n) is 3.76. The van der Waals surface area contributed by atoms with Crippen molar-refractivity contribution in [1.82, 2.24) is 15.0 Å². The van der Waals surface area contributed by atoms with Crippen molar-refractivity contribution < 1.29 is 0 Å². The Morgan fingerprint density at radius 3 is 2.90 bits per heavy atom. The molecule has 5 heteroatoms. The van der Waals surface area contributed by atoms with Crippen molar-refractivity contribution in [1.29, 1.82) is 0 Å². The molecule has 0 aliphatic heterocycles. The fraction of sp³-hybridized carbons (Fsp3) is 0.250. The first kappa shape index (κ1) is 12.2. The van der Waals surface area contributed by atoms with E-state index in [-0.39, 0.29) is 0 Å². The molecule has 0 amide bonds. The van der Waals surface area contributed by atoms with E-state index in [1.807, 2.05) is 25.5 Å². The number of anilines is 2. The summed E-state index contributed by atoms with van der Waals surface area (Å²) in [6.07, 6.45) is 6.16. The van der Waals surface area contributed by atoms with Crippen molar-refractivity contribution in [2.24, 2.45) is 0 Å². The number of aromatic amines is 1. The maximum Gasteiger partial charge on any atom is 0.137 e. The predicted octanol–water partition coefficient (Wildman–Crippen LogP) is 3.24. The number of H-pyrrole nitrogens is 1. The van der Waals surface area contributed by atoms with Crippen molar-refractivity contribution >= 4 is 22.5 Å². The normalized spacial score (nSPS) is 14.3. The molecule has 106 valence electrons. The molecule has 0 aromatic carbocycles. The van der Waals surface area contributed by atoms with E-state index in [2.05, 4.69) is 43.8 Å². The van der Waals surface area contributed by atoms with Gasteiger partial charge >= 0.3 is 0 Å². The smallest absolute Gasteiger partial charge is 0.137 e. The molecule has 3 aromatic rings. The van der Waals surface area contributed by atoms with Crippen molar-refractivity contribution in [3.63, 3.8) is 0 Å². The van der Waals surface area contributed by atoms with Crippen molar-refractivity contribution in [2.45, 2.75) is 18.9 Å². The van der Waals surface area contributed by atoms with Crippen LogP contribution in [0.2, 0.25) is 0 Å². The van der Waals surface area contributed by atoms with Gasteiger partial charge in [0.25, 0.3) is 0 Å². The molecule has 1 aliphatic rings. The van der Waals surface area contributed by atoms with Crippen LogP contribution in [0.4, 0.5) is 11.5 Å². The molecule has 0 atom stereocenters. The quantitative estimate of drug-likeness (QED) is 0.686. The number of hydrogen-bond acceptors (Lipinski definition) is 4. The van der Waals surface area contributed by atoms with Crippen LogP contribution >= 0.6 is 0 Å². The minimum atomic E-state index is 0.607. The molecular weight excluding hydrogens is 262 g/mol. The highest BCUT2D eigenvalue weighted by Crippen LogP contribution is 2.28. The molecule has 1 aliphatic carbocycles. The van der Waals surface area contributed by atoms with Gasteiger partial charge in [-0.05, 0) is 37.1 Å². The van der Waals surface area contributed by atoms with Crippen LogP contribution < -0.4 is 10.6 Å². The van der Waals surface area contributed by atoms with E-state index in [9.17, 15) is 0 Å². The van der Waals surface area contributed by atoms with Crippen LogP contribution in [0.15, 0.2) is 36.7 Å². The Balaban J connectivity index is 1.71. The topological polar surface area (TPSA) is 65.6 Å². The Kier molecular flexibility index (Phi) is 2.77. The minimum Gasteiger partial charge on any atom is -0.387 e. The van der Waals surface area contributed by atoms with Crippen molar-refractivity contribution in [3.8, 4) is 11.3 Å². The van der Waals surface area contributed by atoms with Crippen LogP contribution in [-0.2, 0) is 0 Å². The Morgan fingerprint density at radius 2 is 2.10 bits per heavy atom. The van der Waals surface area contributed by atoms with Gasteiger partial charge in [-0.15, -0.1) is 0 Å². The van der Waals surface area contributed by atoms with Crippen LogP contribution in [0.5, 0.6) is 0 Å². The summed E-state index contributed by atoms with van der Waals surface area (Å²) >= 11 is 0. The SMILES string of the molecule is CNc1cnc2[nH]c(-c3ccnc(NC4CC4)c3)cc2c1. The summed E-state index contributed by atoms with van der Waals surface area (Å²) in [5.41, 5.74) is 4.10. The van der Waals surface area contributed by atoms with E-state index in [1.54, 1.807) is 0 Å². The first-order chi connectivity index (χ1) is 10.3. The van der Waals surface area contributed by atoms with E-state index >= 15 is 0 Å². The Morgan fingerprint density at radius 1 is 1.19 bits per heavy atom. The summed E-state index contributed by atoms with van der Waals surface area (Å²) in [5, 5.41) is 7.64. The lowest BCUT2D eigenvalue weighted by atomic mass is 10.2. The molecule has 0 saturated heterocycles. The molecule has 0 bridgehead atoms. The van der Waals surface area contributed by atoms with Gasteiger partial charge in [0, 0.05) is 35.9 Å². The lowest BCUT2D eigenvalue weighted by molar-refractivity contribution is 1.11. The van der Waals surface area contributed by atoms with E-state index < -0.39 is 0 Å². The highest BCUT2D eigenvalue weighted by atomic mass is 15.0. The molecule has 3 heterocycles. The zero-order valence-corrected chi connectivity index (χ0v) is 11.9. The predicted molar refractivity (Wildman–Crippen MR) is 85.5 cm³/mol. The molecule has 21 heavy (non-hydrogen) atoms. The number of aromatic nitrogens is 3. The Bertz CT molecular complexity index is 788. The standard InChI is InChI=1S/C16H17N5/c1-17-13-6-11-7-14(21-16(11)19-9-13)10-4-5-18-15(8-10)20-12-2-3-12/h4-9,12,17H,2-3H2,1H3,(H,18,20)(H,19,21). The molecule has 0 radical (unpaired) electrons. The number of fused-ring (bicyclic) bond motifs is 1. The van der Waals surface area contributed by atoms with Crippen LogP contribution in [-0.4, -0.2) is 28.0 Å². The monoisotopic (exact) mass is 279 g/mol. The lowest BCUT2D eigenvalue weighted by Crippen LogP contribution is -2.02. The summed E-state index contributed by atoms with van der Waals surface area (Å²) < 4.78 is 0. The van der Waals surface area contributed by atoms with Gasteiger partial charge in [-0.1, -0.05) is 0 Å². The summed E-state index contributed by atoms with van der Waals surface area (Å²) in [5.74, 6) is 0.942. The second-order valence-electron chi connectivity index (χ2n) is 5.44. The van der Waals surface area contributed by atoms with Crippen LogP contribution in [0.25, 0.3) is 22.3 Å². The van der Waals surface area contributed by atoms with E-state index in [1.165, 1.54) is 12.8 Å². The average molecular weight is 279 g/mol. The fourth-order valence-electron chi connectivity index (χ4n) is 2.42. The minimum absolute atomic E-state index is 0.607. The van der Waals surface area contributed by atoms with Gasteiger partial charge in [-0.3, -0.25) is 0 Å². The molecule has 1 saturated carbocycles. The van der Waals surface area contributed by atoms with Gasteiger partial charge in [0.2, 0.25) is 0 Å². The third-order valence-corrected chi connectivity index (χ3v) is 3.76. The molecule has 3 aromatic heterocycles. The summed E-state index contributed by atoms with van der Waals surface area (Å²) in [4.78, 5) is 12.2. The summed E-state index contributed by atoms with van der Waals surface area (Å²) in [7, 11) is 1.90. The Labute approximate surface area is 122 Å². The first-order valence-electron chi connectivity index (χ1n) is 7.21.